The molecule has 3 heterocycles. The Labute approximate surface area is 189 Å². The van der Waals surface area contributed by atoms with E-state index in [4.69, 9.17) is 0 Å². The molecule has 2 aliphatic heterocycles. The molecule has 2 aromatic carbocycles. The molecule has 0 radical (unpaired) electrons. The molecule has 0 atom stereocenters. The van der Waals surface area contributed by atoms with E-state index in [9.17, 15) is 10.2 Å². The third-order valence-electron chi connectivity index (χ3n) is 7.06. The topological polar surface area (TPSA) is 72.7 Å². The maximum Gasteiger partial charge on any atom is 0.171 e. The van der Waals surface area contributed by atoms with Gasteiger partial charge in [-0.1, -0.05) is 60.7 Å². The van der Waals surface area contributed by atoms with Gasteiger partial charge < -0.3 is 20.0 Å². The standard InChI is InChI=1S/C26H30N4O2/c31-25(21-7-3-1-4-8-21)11-17-29(18-12-25)23-24(28-16-15-27-23)30-19-13-26(32,14-20-30)22-9-5-2-6-10-22/h1-10,15-16,31-32H,11-14,17-20H2. The van der Waals surface area contributed by atoms with Gasteiger partial charge in [0, 0.05) is 38.6 Å². The normalized spacial score (nSPS) is 20.2. The van der Waals surface area contributed by atoms with Gasteiger partial charge in [-0.05, 0) is 36.8 Å². The molecule has 0 spiro atoms. The van der Waals surface area contributed by atoms with E-state index in [-0.39, 0.29) is 0 Å². The Kier molecular flexibility index (Phi) is 5.57. The summed E-state index contributed by atoms with van der Waals surface area (Å²) in [5.41, 5.74) is 0.375. The highest BCUT2D eigenvalue weighted by Gasteiger charge is 2.37. The molecule has 1 aromatic heterocycles. The van der Waals surface area contributed by atoms with Gasteiger partial charge in [-0.25, -0.2) is 9.97 Å². The molecule has 166 valence electrons. The Morgan fingerprint density at radius 1 is 0.562 bits per heavy atom. The second kappa shape index (κ2) is 8.52. The number of aromatic nitrogens is 2. The number of hydrogen-bond acceptors (Lipinski definition) is 6. The molecule has 3 aromatic rings. The highest BCUT2D eigenvalue weighted by Crippen LogP contribution is 2.38. The lowest BCUT2D eigenvalue weighted by Crippen LogP contribution is -2.45. The maximum atomic E-state index is 11.2. The fourth-order valence-electron chi connectivity index (χ4n) is 5.02. The molecule has 5 rings (SSSR count). The SMILES string of the molecule is OC1(c2ccccc2)CCN(c2nccnc2N2CCC(O)(c3ccccc3)CC2)CC1. The van der Waals surface area contributed by atoms with Crippen LogP contribution in [0.5, 0.6) is 0 Å². The molecule has 0 bridgehead atoms. The van der Waals surface area contributed by atoms with Crippen LogP contribution in [0, 0.1) is 0 Å². The summed E-state index contributed by atoms with van der Waals surface area (Å²) in [4.78, 5) is 13.8. The van der Waals surface area contributed by atoms with E-state index in [0.29, 0.717) is 25.7 Å². The van der Waals surface area contributed by atoms with Crippen LogP contribution in [0.1, 0.15) is 36.8 Å². The molecular formula is C26H30N4O2. The van der Waals surface area contributed by atoms with Gasteiger partial charge in [0.25, 0.3) is 0 Å². The second-order valence-corrected chi connectivity index (χ2v) is 8.97. The molecule has 6 nitrogen and oxygen atoms in total. The first-order valence-electron chi connectivity index (χ1n) is 11.4. The van der Waals surface area contributed by atoms with E-state index in [1.807, 2.05) is 60.7 Å². The van der Waals surface area contributed by atoms with Crippen molar-refractivity contribution in [2.45, 2.75) is 36.9 Å². The summed E-state index contributed by atoms with van der Waals surface area (Å²) >= 11 is 0. The van der Waals surface area contributed by atoms with Gasteiger partial charge in [-0.2, -0.15) is 0 Å². The maximum absolute atomic E-state index is 11.2. The summed E-state index contributed by atoms with van der Waals surface area (Å²) in [5.74, 6) is 1.74. The van der Waals surface area contributed by atoms with Crippen molar-refractivity contribution < 1.29 is 10.2 Å². The first-order chi connectivity index (χ1) is 15.6. The summed E-state index contributed by atoms with van der Waals surface area (Å²) in [6, 6.07) is 19.9. The van der Waals surface area contributed by atoms with E-state index >= 15 is 0 Å². The molecule has 32 heavy (non-hydrogen) atoms. The van der Waals surface area contributed by atoms with Crippen molar-refractivity contribution in [2.24, 2.45) is 0 Å². The van der Waals surface area contributed by atoms with Crippen LogP contribution < -0.4 is 9.80 Å². The van der Waals surface area contributed by atoms with Crippen LogP contribution in [0.15, 0.2) is 73.1 Å². The van der Waals surface area contributed by atoms with Crippen LogP contribution in [0.4, 0.5) is 11.6 Å². The number of aliphatic hydroxyl groups is 2. The number of nitrogens with zero attached hydrogens (tertiary/aromatic N) is 4. The molecular weight excluding hydrogens is 400 g/mol. The Balaban J connectivity index is 1.29. The van der Waals surface area contributed by atoms with E-state index in [2.05, 4.69) is 19.8 Å². The summed E-state index contributed by atoms with van der Waals surface area (Å²) < 4.78 is 0. The predicted molar refractivity (Wildman–Crippen MR) is 126 cm³/mol. The Morgan fingerprint density at radius 2 is 0.906 bits per heavy atom. The summed E-state index contributed by atoms with van der Waals surface area (Å²) in [6.07, 6.45) is 6.09. The molecule has 2 fully saturated rings. The minimum absolute atomic E-state index is 0.654. The number of rotatable bonds is 4. The summed E-state index contributed by atoms with van der Waals surface area (Å²) in [7, 11) is 0. The molecule has 2 saturated heterocycles. The van der Waals surface area contributed by atoms with Gasteiger partial charge in [-0.15, -0.1) is 0 Å². The molecule has 2 N–H and O–H groups in total. The molecule has 0 saturated carbocycles. The predicted octanol–water partition coefficient (Wildman–Crippen LogP) is 3.45. The van der Waals surface area contributed by atoms with Crippen LogP contribution in [0.2, 0.25) is 0 Å². The van der Waals surface area contributed by atoms with Crippen molar-refractivity contribution in [3.05, 3.63) is 84.2 Å². The number of benzene rings is 2. The van der Waals surface area contributed by atoms with Gasteiger partial charge >= 0.3 is 0 Å². The van der Waals surface area contributed by atoms with Crippen molar-refractivity contribution in [3.63, 3.8) is 0 Å². The highest BCUT2D eigenvalue weighted by atomic mass is 16.3. The van der Waals surface area contributed by atoms with E-state index in [0.717, 1.165) is 48.9 Å². The lowest BCUT2D eigenvalue weighted by atomic mass is 9.84. The Bertz CT molecular complexity index is 943. The molecule has 0 aliphatic carbocycles. The Hall–Kier alpha value is -2.96. The van der Waals surface area contributed by atoms with Crippen molar-refractivity contribution in [2.75, 3.05) is 36.0 Å². The molecule has 2 aliphatic rings. The molecule has 6 heteroatoms. The van der Waals surface area contributed by atoms with Gasteiger partial charge in [0.2, 0.25) is 0 Å². The summed E-state index contributed by atoms with van der Waals surface area (Å²) in [6.45, 7) is 2.88. The van der Waals surface area contributed by atoms with Crippen LogP contribution in [-0.4, -0.2) is 46.4 Å². The average Bonchev–Trinajstić information content (AvgIpc) is 2.86. The summed E-state index contributed by atoms with van der Waals surface area (Å²) in [5, 5.41) is 22.4. The zero-order valence-corrected chi connectivity index (χ0v) is 18.3. The van der Waals surface area contributed by atoms with E-state index in [1.165, 1.54) is 0 Å². The fraction of sp³-hybridized carbons (Fsp3) is 0.385. The largest absolute Gasteiger partial charge is 0.385 e. The van der Waals surface area contributed by atoms with Crippen molar-refractivity contribution in [3.8, 4) is 0 Å². The quantitative estimate of drug-likeness (QED) is 0.661. The lowest BCUT2D eigenvalue weighted by Gasteiger charge is -2.42. The number of hydrogen-bond donors (Lipinski definition) is 2. The third-order valence-corrected chi connectivity index (χ3v) is 7.06. The number of piperidine rings is 2. The van der Waals surface area contributed by atoms with Gasteiger partial charge in [-0.3, -0.25) is 0 Å². The van der Waals surface area contributed by atoms with Gasteiger partial charge in [0.15, 0.2) is 11.6 Å². The van der Waals surface area contributed by atoms with Crippen LogP contribution in [0.3, 0.4) is 0 Å². The first kappa shape index (κ1) is 20.9. The lowest BCUT2D eigenvalue weighted by molar-refractivity contribution is 0.0105. The van der Waals surface area contributed by atoms with Gasteiger partial charge in [0.1, 0.15) is 0 Å². The smallest absolute Gasteiger partial charge is 0.171 e. The first-order valence-corrected chi connectivity index (χ1v) is 11.4. The van der Waals surface area contributed by atoms with Crippen molar-refractivity contribution in [1.82, 2.24) is 9.97 Å². The third kappa shape index (κ3) is 3.96. The average molecular weight is 431 g/mol. The van der Waals surface area contributed by atoms with E-state index in [1.54, 1.807) is 12.4 Å². The minimum atomic E-state index is -0.794. The second-order valence-electron chi connectivity index (χ2n) is 8.97. The van der Waals surface area contributed by atoms with Crippen LogP contribution in [-0.2, 0) is 11.2 Å². The molecule has 0 unspecified atom stereocenters. The zero-order chi connectivity index (χ0) is 22.0. The van der Waals surface area contributed by atoms with Crippen LogP contribution >= 0.6 is 0 Å². The number of anilines is 2. The molecule has 0 amide bonds. The highest BCUT2D eigenvalue weighted by molar-refractivity contribution is 5.63. The minimum Gasteiger partial charge on any atom is -0.385 e. The van der Waals surface area contributed by atoms with Crippen molar-refractivity contribution >= 4 is 11.6 Å². The zero-order valence-electron chi connectivity index (χ0n) is 18.3. The van der Waals surface area contributed by atoms with Crippen LogP contribution in [0.25, 0.3) is 0 Å². The Morgan fingerprint density at radius 3 is 1.25 bits per heavy atom. The monoisotopic (exact) mass is 430 g/mol. The fourth-order valence-corrected chi connectivity index (χ4v) is 5.02. The van der Waals surface area contributed by atoms with E-state index < -0.39 is 11.2 Å². The van der Waals surface area contributed by atoms with Gasteiger partial charge in [0.05, 0.1) is 11.2 Å². The van der Waals surface area contributed by atoms with Crippen molar-refractivity contribution in [1.29, 1.82) is 0 Å².